The molecule has 1 fully saturated rings. The molecule has 6 nitrogen and oxygen atoms in total. The highest BCUT2D eigenvalue weighted by atomic mass is 16.5. The maximum absolute atomic E-state index is 12.1. The van der Waals surface area contributed by atoms with Crippen molar-refractivity contribution in [3.8, 4) is 0 Å². The van der Waals surface area contributed by atoms with E-state index in [1.165, 1.54) is 6.20 Å². The zero-order valence-electron chi connectivity index (χ0n) is 10.6. The lowest BCUT2D eigenvalue weighted by Crippen LogP contribution is -2.55. The van der Waals surface area contributed by atoms with Crippen LogP contribution in [0.15, 0.2) is 16.8 Å². The van der Waals surface area contributed by atoms with Gasteiger partial charge < -0.3 is 14.3 Å². The topological polar surface area (TPSA) is 66.7 Å². The lowest BCUT2D eigenvalue weighted by atomic mass is 10.1. The maximum Gasteiger partial charge on any atom is 0.292 e. The zero-order chi connectivity index (χ0) is 13.1. The van der Waals surface area contributed by atoms with Crippen LogP contribution in [0.25, 0.3) is 0 Å². The summed E-state index contributed by atoms with van der Waals surface area (Å²) in [6, 6.07) is 1.55. The van der Waals surface area contributed by atoms with Gasteiger partial charge in [-0.1, -0.05) is 12.1 Å². The predicted octanol–water partition coefficient (Wildman–Crippen LogP) is 0.758. The first-order valence-electron chi connectivity index (χ1n) is 6.13. The van der Waals surface area contributed by atoms with Gasteiger partial charge in [0.05, 0.1) is 6.20 Å². The molecule has 2 rings (SSSR count). The third-order valence-corrected chi connectivity index (χ3v) is 3.19. The molecule has 1 aliphatic rings. The van der Waals surface area contributed by atoms with Crippen molar-refractivity contribution in [3.63, 3.8) is 0 Å². The third-order valence-electron chi connectivity index (χ3n) is 3.19. The van der Waals surface area contributed by atoms with Gasteiger partial charge in [0.25, 0.3) is 5.91 Å². The minimum atomic E-state index is -0.163. The van der Waals surface area contributed by atoms with E-state index < -0.39 is 0 Å². The second-order valence-electron chi connectivity index (χ2n) is 4.42. The molecule has 1 unspecified atom stereocenters. The quantitative estimate of drug-likeness (QED) is 0.778. The molecule has 1 atom stereocenters. The van der Waals surface area contributed by atoms with Crippen molar-refractivity contribution in [2.75, 3.05) is 19.6 Å². The van der Waals surface area contributed by atoms with Crippen molar-refractivity contribution in [1.29, 1.82) is 0 Å². The smallest absolute Gasteiger partial charge is 0.292 e. The Morgan fingerprint density at radius 3 is 2.83 bits per heavy atom. The van der Waals surface area contributed by atoms with Gasteiger partial charge in [0, 0.05) is 38.2 Å². The molecule has 0 aliphatic carbocycles. The van der Waals surface area contributed by atoms with E-state index in [0.717, 1.165) is 0 Å². The van der Waals surface area contributed by atoms with Crippen molar-refractivity contribution in [2.24, 2.45) is 0 Å². The summed E-state index contributed by atoms with van der Waals surface area (Å²) < 4.78 is 4.87. The van der Waals surface area contributed by atoms with Crippen LogP contribution in [-0.2, 0) is 4.79 Å². The summed E-state index contributed by atoms with van der Waals surface area (Å²) in [6.45, 7) is 5.47. The zero-order valence-corrected chi connectivity index (χ0v) is 10.6. The predicted molar refractivity (Wildman–Crippen MR) is 63.9 cm³/mol. The van der Waals surface area contributed by atoms with Gasteiger partial charge in [0.15, 0.2) is 0 Å². The first-order chi connectivity index (χ1) is 8.63. The summed E-state index contributed by atoms with van der Waals surface area (Å²) in [7, 11) is 0. The number of amides is 2. The van der Waals surface area contributed by atoms with Crippen LogP contribution < -0.4 is 0 Å². The van der Waals surface area contributed by atoms with Crippen LogP contribution in [0.5, 0.6) is 0 Å². The van der Waals surface area contributed by atoms with Gasteiger partial charge in [0.2, 0.25) is 11.7 Å². The van der Waals surface area contributed by atoms with Gasteiger partial charge in [-0.05, 0) is 6.92 Å². The average molecular weight is 251 g/mol. The van der Waals surface area contributed by atoms with Crippen LogP contribution >= 0.6 is 0 Å². The Morgan fingerprint density at radius 2 is 2.28 bits per heavy atom. The van der Waals surface area contributed by atoms with Crippen molar-refractivity contribution >= 4 is 11.8 Å². The van der Waals surface area contributed by atoms with E-state index in [0.29, 0.717) is 26.1 Å². The number of nitrogens with zero attached hydrogens (tertiary/aromatic N) is 3. The van der Waals surface area contributed by atoms with Gasteiger partial charge in [-0.3, -0.25) is 9.59 Å². The standard InChI is InChI=1S/C12H17N3O3/c1-3-11(16)14-6-7-15(9(2)8-14)12(17)10-4-5-13-18-10/h4-5,9H,3,6-8H2,1-2H3. The summed E-state index contributed by atoms with van der Waals surface area (Å²) in [6.07, 6.45) is 1.96. The Kier molecular flexibility index (Phi) is 3.64. The molecule has 98 valence electrons. The molecular formula is C12H17N3O3. The van der Waals surface area contributed by atoms with Crippen molar-refractivity contribution in [2.45, 2.75) is 26.3 Å². The second kappa shape index (κ2) is 5.20. The molecule has 1 aromatic rings. The first-order valence-corrected chi connectivity index (χ1v) is 6.13. The van der Waals surface area contributed by atoms with Crippen LogP contribution in [0, 0.1) is 0 Å². The molecule has 1 saturated heterocycles. The second-order valence-corrected chi connectivity index (χ2v) is 4.42. The fourth-order valence-electron chi connectivity index (χ4n) is 2.18. The Morgan fingerprint density at radius 1 is 1.50 bits per heavy atom. The van der Waals surface area contributed by atoms with Crippen LogP contribution in [0.2, 0.25) is 0 Å². The average Bonchev–Trinajstić information content (AvgIpc) is 2.90. The molecule has 0 N–H and O–H groups in total. The van der Waals surface area contributed by atoms with E-state index in [2.05, 4.69) is 5.16 Å². The third kappa shape index (κ3) is 2.37. The highest BCUT2D eigenvalue weighted by Crippen LogP contribution is 2.14. The van der Waals surface area contributed by atoms with Crippen LogP contribution in [0.4, 0.5) is 0 Å². The van der Waals surface area contributed by atoms with Crippen LogP contribution in [0.1, 0.15) is 30.8 Å². The van der Waals surface area contributed by atoms with Crippen molar-refractivity contribution < 1.29 is 14.1 Å². The fraction of sp³-hybridized carbons (Fsp3) is 0.583. The Labute approximate surface area is 106 Å². The number of hydrogen-bond acceptors (Lipinski definition) is 4. The maximum atomic E-state index is 12.1. The van der Waals surface area contributed by atoms with E-state index in [-0.39, 0.29) is 23.6 Å². The van der Waals surface area contributed by atoms with E-state index in [1.807, 2.05) is 13.8 Å². The first kappa shape index (κ1) is 12.6. The van der Waals surface area contributed by atoms with Crippen molar-refractivity contribution in [1.82, 2.24) is 15.0 Å². The number of rotatable bonds is 2. The molecule has 2 heterocycles. The number of hydrogen-bond donors (Lipinski definition) is 0. The highest BCUT2D eigenvalue weighted by Gasteiger charge is 2.30. The van der Waals surface area contributed by atoms with Crippen LogP contribution in [-0.4, -0.2) is 52.4 Å². The summed E-state index contributed by atoms with van der Waals surface area (Å²) in [4.78, 5) is 27.2. The van der Waals surface area contributed by atoms with Gasteiger partial charge in [-0.15, -0.1) is 0 Å². The molecule has 0 bridgehead atoms. The number of piperazine rings is 1. The molecule has 0 radical (unpaired) electrons. The van der Waals surface area contributed by atoms with E-state index in [9.17, 15) is 9.59 Å². The normalized spacial score (nSPS) is 20.0. The Balaban J connectivity index is 2.01. The minimum Gasteiger partial charge on any atom is -0.351 e. The van der Waals surface area contributed by atoms with Gasteiger partial charge >= 0.3 is 0 Å². The number of carbonyl (C=O) groups is 2. The summed E-state index contributed by atoms with van der Waals surface area (Å²) in [5, 5.41) is 3.53. The number of carbonyl (C=O) groups excluding carboxylic acids is 2. The Hall–Kier alpha value is -1.85. The summed E-state index contributed by atoms with van der Waals surface area (Å²) in [5.74, 6) is 0.217. The highest BCUT2D eigenvalue weighted by molar-refractivity contribution is 5.91. The molecule has 2 amide bonds. The largest absolute Gasteiger partial charge is 0.351 e. The summed E-state index contributed by atoms with van der Waals surface area (Å²) in [5.41, 5.74) is 0. The molecule has 1 aliphatic heterocycles. The van der Waals surface area contributed by atoms with Crippen molar-refractivity contribution in [3.05, 3.63) is 18.0 Å². The minimum absolute atomic E-state index is 0.00755. The van der Waals surface area contributed by atoms with Gasteiger partial charge in [-0.25, -0.2) is 0 Å². The molecule has 6 heteroatoms. The van der Waals surface area contributed by atoms with E-state index >= 15 is 0 Å². The SMILES string of the molecule is CCC(=O)N1CCN(C(=O)c2ccno2)C(C)C1. The molecule has 1 aromatic heterocycles. The fourth-order valence-corrected chi connectivity index (χ4v) is 2.18. The molecular weight excluding hydrogens is 234 g/mol. The molecule has 0 saturated carbocycles. The van der Waals surface area contributed by atoms with Crippen LogP contribution in [0.3, 0.4) is 0 Å². The lowest BCUT2D eigenvalue weighted by molar-refractivity contribution is -0.133. The van der Waals surface area contributed by atoms with E-state index in [4.69, 9.17) is 4.52 Å². The number of aromatic nitrogens is 1. The van der Waals surface area contributed by atoms with E-state index in [1.54, 1.807) is 15.9 Å². The summed E-state index contributed by atoms with van der Waals surface area (Å²) >= 11 is 0. The Bertz CT molecular complexity index is 430. The lowest BCUT2D eigenvalue weighted by Gasteiger charge is -2.39. The molecule has 18 heavy (non-hydrogen) atoms. The monoisotopic (exact) mass is 251 g/mol. The molecule has 0 spiro atoms. The molecule has 0 aromatic carbocycles. The van der Waals surface area contributed by atoms with Gasteiger partial charge in [0.1, 0.15) is 0 Å². The van der Waals surface area contributed by atoms with Gasteiger partial charge in [-0.2, -0.15) is 0 Å².